The van der Waals surface area contributed by atoms with Crippen molar-refractivity contribution in [3.63, 3.8) is 0 Å². The van der Waals surface area contributed by atoms with Gasteiger partial charge >= 0.3 is 0 Å². The van der Waals surface area contributed by atoms with Crippen molar-refractivity contribution in [1.82, 2.24) is 4.98 Å². The van der Waals surface area contributed by atoms with Crippen LogP contribution in [0.15, 0.2) is 24.3 Å². The second kappa shape index (κ2) is 6.52. The van der Waals surface area contributed by atoms with Crippen LogP contribution in [-0.2, 0) is 13.0 Å². The van der Waals surface area contributed by atoms with Crippen LogP contribution in [0.4, 0.5) is 0 Å². The molecule has 5 heteroatoms. The molecule has 1 aromatic carbocycles. The molecule has 0 fully saturated rings. The van der Waals surface area contributed by atoms with Gasteiger partial charge < -0.3 is 10.5 Å². The summed E-state index contributed by atoms with van der Waals surface area (Å²) in [6.07, 6.45) is 1.83. The zero-order chi connectivity index (χ0) is 14.5. The Labute approximate surface area is 123 Å². The first-order valence-corrected chi connectivity index (χ1v) is 7.44. The number of benzene rings is 1. The Balaban J connectivity index is 2.12. The molecule has 3 N–H and O–H groups in total. The lowest BCUT2D eigenvalue weighted by molar-refractivity contribution is 0.303. The van der Waals surface area contributed by atoms with Crippen LogP contribution < -0.4 is 10.5 Å². The molecule has 0 amide bonds. The molecule has 0 aliphatic heterocycles. The molecule has 20 heavy (non-hydrogen) atoms. The van der Waals surface area contributed by atoms with Crippen LogP contribution in [0.5, 0.6) is 5.75 Å². The number of rotatable bonds is 6. The van der Waals surface area contributed by atoms with Crippen molar-refractivity contribution in [3.8, 4) is 5.75 Å². The molecule has 0 spiro atoms. The molecular weight excluding hydrogens is 270 g/mol. The maximum absolute atomic E-state index is 7.61. The third kappa shape index (κ3) is 3.36. The van der Waals surface area contributed by atoms with Crippen LogP contribution in [0.25, 0.3) is 0 Å². The minimum atomic E-state index is 0.0908. The van der Waals surface area contributed by atoms with Gasteiger partial charge in [0.15, 0.2) is 0 Å². The molecule has 0 bridgehead atoms. The van der Waals surface area contributed by atoms with Crippen LogP contribution in [0.3, 0.4) is 0 Å². The summed E-state index contributed by atoms with van der Waals surface area (Å²) in [5.41, 5.74) is 7.61. The zero-order valence-electron chi connectivity index (χ0n) is 11.8. The summed E-state index contributed by atoms with van der Waals surface area (Å²) in [6.45, 7) is 4.52. The lowest BCUT2D eigenvalue weighted by atomic mass is 10.2. The monoisotopic (exact) mass is 289 g/mol. The van der Waals surface area contributed by atoms with E-state index >= 15 is 0 Å². The van der Waals surface area contributed by atoms with E-state index in [-0.39, 0.29) is 5.84 Å². The first-order valence-electron chi connectivity index (χ1n) is 6.63. The quantitative estimate of drug-likeness (QED) is 0.633. The van der Waals surface area contributed by atoms with E-state index in [1.807, 2.05) is 31.2 Å². The van der Waals surface area contributed by atoms with E-state index in [0.29, 0.717) is 6.61 Å². The largest absolute Gasteiger partial charge is 0.486 e. The molecular formula is C15H19N3OS. The number of nitrogen functional groups attached to an aromatic ring is 1. The first kappa shape index (κ1) is 14.5. The van der Waals surface area contributed by atoms with Gasteiger partial charge in [0.2, 0.25) is 0 Å². The summed E-state index contributed by atoms with van der Waals surface area (Å²) in [7, 11) is 0. The van der Waals surface area contributed by atoms with Crippen LogP contribution in [-0.4, -0.2) is 10.8 Å². The van der Waals surface area contributed by atoms with Gasteiger partial charge in [-0.25, -0.2) is 4.98 Å². The Morgan fingerprint density at radius 2 is 2.15 bits per heavy atom. The van der Waals surface area contributed by atoms with Crippen molar-refractivity contribution < 1.29 is 4.74 Å². The predicted octanol–water partition coefficient (Wildman–Crippen LogP) is 3.27. The number of nitrogens with one attached hydrogen (secondary N) is 1. The summed E-state index contributed by atoms with van der Waals surface area (Å²) < 4.78 is 5.79. The van der Waals surface area contributed by atoms with Gasteiger partial charge in [0.05, 0.1) is 10.6 Å². The number of para-hydroxylation sites is 1. The van der Waals surface area contributed by atoms with Gasteiger partial charge in [-0.15, -0.1) is 11.3 Å². The molecule has 4 nitrogen and oxygen atoms in total. The summed E-state index contributed by atoms with van der Waals surface area (Å²) in [4.78, 5) is 5.31. The minimum absolute atomic E-state index is 0.0908. The smallest absolute Gasteiger partial charge is 0.140 e. The zero-order valence-corrected chi connectivity index (χ0v) is 12.6. The average Bonchev–Trinajstić information content (AvgIpc) is 2.82. The standard InChI is InChI=1S/C15H19N3OS/c1-3-6-11-14(15(16)17)20-13(18-11)9-19-12-8-5-4-7-10(12)2/h4-5,7-8H,3,6,9H2,1-2H3,(H3,16,17). The number of thiazole rings is 1. The van der Waals surface area contributed by atoms with Crippen LogP contribution >= 0.6 is 11.3 Å². The van der Waals surface area contributed by atoms with E-state index in [1.54, 1.807) is 0 Å². The van der Waals surface area contributed by atoms with Gasteiger partial charge in [-0.3, -0.25) is 5.41 Å². The molecule has 0 radical (unpaired) electrons. The molecule has 0 atom stereocenters. The van der Waals surface area contributed by atoms with E-state index < -0.39 is 0 Å². The Morgan fingerprint density at radius 1 is 1.40 bits per heavy atom. The molecule has 1 aromatic heterocycles. The Bertz CT molecular complexity index is 607. The molecule has 0 saturated carbocycles. The average molecular weight is 289 g/mol. The molecule has 0 aliphatic rings. The van der Waals surface area contributed by atoms with E-state index in [1.165, 1.54) is 11.3 Å². The van der Waals surface area contributed by atoms with Crippen LogP contribution in [0.1, 0.15) is 34.5 Å². The summed E-state index contributed by atoms with van der Waals surface area (Å²) in [5.74, 6) is 0.956. The number of hydrogen-bond donors (Lipinski definition) is 2. The number of nitrogens with zero attached hydrogens (tertiary/aromatic N) is 1. The number of aromatic nitrogens is 1. The highest BCUT2D eigenvalue weighted by Crippen LogP contribution is 2.23. The van der Waals surface area contributed by atoms with Crippen molar-refractivity contribution >= 4 is 17.2 Å². The first-order chi connectivity index (χ1) is 9.61. The maximum Gasteiger partial charge on any atom is 0.140 e. The lowest BCUT2D eigenvalue weighted by Gasteiger charge is -2.06. The molecule has 0 saturated heterocycles. The number of aryl methyl sites for hydroxylation is 2. The SMILES string of the molecule is CCCc1nc(COc2ccccc2C)sc1C(=N)N. The Hall–Kier alpha value is -1.88. The van der Waals surface area contributed by atoms with Gasteiger partial charge in [-0.1, -0.05) is 31.5 Å². The van der Waals surface area contributed by atoms with E-state index in [2.05, 4.69) is 11.9 Å². The number of ether oxygens (including phenoxy) is 1. The number of amidine groups is 1. The Morgan fingerprint density at radius 3 is 2.80 bits per heavy atom. The summed E-state index contributed by atoms with van der Waals surface area (Å²) >= 11 is 1.45. The fourth-order valence-electron chi connectivity index (χ4n) is 1.94. The molecule has 106 valence electrons. The van der Waals surface area contributed by atoms with E-state index in [9.17, 15) is 0 Å². The molecule has 0 unspecified atom stereocenters. The highest BCUT2D eigenvalue weighted by atomic mass is 32.1. The van der Waals surface area contributed by atoms with Gasteiger partial charge in [0.25, 0.3) is 0 Å². The van der Waals surface area contributed by atoms with E-state index in [4.69, 9.17) is 15.9 Å². The second-order valence-corrected chi connectivity index (χ2v) is 5.68. The summed E-state index contributed by atoms with van der Waals surface area (Å²) in [5, 5.41) is 8.47. The maximum atomic E-state index is 7.61. The molecule has 2 aromatic rings. The van der Waals surface area contributed by atoms with Crippen molar-refractivity contribution in [2.75, 3.05) is 0 Å². The predicted molar refractivity (Wildman–Crippen MR) is 82.6 cm³/mol. The topological polar surface area (TPSA) is 72.0 Å². The van der Waals surface area contributed by atoms with Gasteiger partial charge in [-0.05, 0) is 25.0 Å². The van der Waals surface area contributed by atoms with Gasteiger partial charge in [-0.2, -0.15) is 0 Å². The van der Waals surface area contributed by atoms with Crippen molar-refractivity contribution in [1.29, 1.82) is 5.41 Å². The van der Waals surface area contributed by atoms with E-state index in [0.717, 1.165) is 39.7 Å². The number of nitrogens with two attached hydrogens (primary N) is 1. The highest BCUT2D eigenvalue weighted by Gasteiger charge is 2.13. The van der Waals surface area contributed by atoms with Gasteiger partial charge in [0, 0.05) is 0 Å². The van der Waals surface area contributed by atoms with Gasteiger partial charge in [0.1, 0.15) is 23.2 Å². The fourth-order valence-corrected chi connectivity index (χ4v) is 2.82. The van der Waals surface area contributed by atoms with Crippen molar-refractivity contribution in [3.05, 3.63) is 45.4 Å². The minimum Gasteiger partial charge on any atom is -0.486 e. The lowest BCUT2D eigenvalue weighted by Crippen LogP contribution is -2.11. The van der Waals surface area contributed by atoms with Crippen LogP contribution in [0, 0.1) is 12.3 Å². The fraction of sp³-hybridized carbons (Fsp3) is 0.333. The Kier molecular flexibility index (Phi) is 4.74. The highest BCUT2D eigenvalue weighted by molar-refractivity contribution is 7.13. The molecule has 2 rings (SSSR count). The van der Waals surface area contributed by atoms with Crippen LogP contribution in [0.2, 0.25) is 0 Å². The van der Waals surface area contributed by atoms with Crippen molar-refractivity contribution in [2.24, 2.45) is 5.73 Å². The molecule has 1 heterocycles. The normalized spacial score (nSPS) is 10.5. The second-order valence-electron chi connectivity index (χ2n) is 4.60. The number of hydrogen-bond acceptors (Lipinski definition) is 4. The summed E-state index contributed by atoms with van der Waals surface area (Å²) in [6, 6.07) is 7.90. The molecule has 0 aliphatic carbocycles. The van der Waals surface area contributed by atoms with Crippen molar-refractivity contribution in [2.45, 2.75) is 33.3 Å². The third-order valence-corrected chi connectivity index (χ3v) is 4.02. The third-order valence-electron chi connectivity index (χ3n) is 2.92.